The third kappa shape index (κ3) is 4.14. The van der Waals surface area contributed by atoms with E-state index in [1.54, 1.807) is 0 Å². The number of hydrogen-bond donors (Lipinski definition) is 2. The molecular weight excluding hydrogens is 593 g/mol. The SMILES string of the molecule is C1=CC2=C(NC1)C1NC(c3ccc4c(c3)C(c3ccccc3)(c3ccccc3)c3c-4c(-c4ccccc4)cc4ccccc34)=CC=C1C=C2. The first-order valence-corrected chi connectivity index (χ1v) is 17.2. The molecule has 2 nitrogen and oxygen atoms in total. The molecule has 49 heavy (non-hydrogen) atoms. The first-order valence-electron chi connectivity index (χ1n) is 17.2. The number of fused-ring (bicyclic) bond motifs is 7. The Bertz CT molecular complexity index is 2400. The van der Waals surface area contributed by atoms with Gasteiger partial charge < -0.3 is 10.6 Å². The van der Waals surface area contributed by atoms with Crippen molar-refractivity contribution in [3.63, 3.8) is 0 Å². The molecule has 0 spiro atoms. The van der Waals surface area contributed by atoms with E-state index in [1.165, 1.54) is 77.7 Å². The average molecular weight is 627 g/mol. The molecule has 2 aliphatic carbocycles. The van der Waals surface area contributed by atoms with E-state index in [1.807, 2.05) is 0 Å². The molecule has 0 saturated heterocycles. The highest BCUT2D eigenvalue weighted by molar-refractivity contribution is 6.07. The summed E-state index contributed by atoms with van der Waals surface area (Å²) in [4.78, 5) is 0. The zero-order chi connectivity index (χ0) is 32.4. The molecule has 1 atom stereocenters. The lowest BCUT2D eigenvalue weighted by Gasteiger charge is -2.36. The summed E-state index contributed by atoms with van der Waals surface area (Å²) in [5.74, 6) is 0. The number of rotatable bonds is 4. The van der Waals surface area contributed by atoms with Crippen LogP contribution < -0.4 is 10.6 Å². The van der Waals surface area contributed by atoms with Gasteiger partial charge in [0.25, 0.3) is 0 Å². The lowest BCUT2D eigenvalue weighted by atomic mass is 9.66. The molecule has 2 N–H and O–H groups in total. The molecule has 2 aliphatic heterocycles. The van der Waals surface area contributed by atoms with E-state index < -0.39 is 5.41 Å². The molecule has 0 radical (unpaired) electrons. The maximum atomic E-state index is 3.94. The minimum absolute atomic E-state index is 0.0945. The van der Waals surface area contributed by atoms with Crippen LogP contribution in [0.5, 0.6) is 0 Å². The maximum absolute atomic E-state index is 3.94. The van der Waals surface area contributed by atoms with Crippen molar-refractivity contribution in [1.82, 2.24) is 10.6 Å². The summed E-state index contributed by atoms with van der Waals surface area (Å²) >= 11 is 0. The lowest BCUT2D eigenvalue weighted by Crippen LogP contribution is -2.41. The van der Waals surface area contributed by atoms with Crippen LogP contribution in [0.2, 0.25) is 0 Å². The monoisotopic (exact) mass is 626 g/mol. The van der Waals surface area contributed by atoms with Crippen LogP contribution >= 0.6 is 0 Å². The summed E-state index contributed by atoms with van der Waals surface area (Å²) in [5.41, 5.74) is 15.9. The molecule has 0 bridgehead atoms. The van der Waals surface area contributed by atoms with Gasteiger partial charge in [-0.05, 0) is 90.2 Å². The van der Waals surface area contributed by atoms with Crippen LogP contribution in [0.1, 0.15) is 27.8 Å². The van der Waals surface area contributed by atoms with Crippen molar-refractivity contribution in [1.29, 1.82) is 0 Å². The first kappa shape index (κ1) is 27.9. The largest absolute Gasteiger partial charge is 0.382 e. The molecule has 0 saturated carbocycles. The lowest BCUT2D eigenvalue weighted by molar-refractivity contribution is 0.683. The molecule has 6 aromatic rings. The Morgan fingerprint density at radius 1 is 0.592 bits per heavy atom. The molecule has 2 heterocycles. The van der Waals surface area contributed by atoms with Gasteiger partial charge in [0.1, 0.15) is 0 Å². The Kier molecular flexibility index (Phi) is 6.25. The standard InChI is InChI=1S/C47H34N2/c1-4-13-31(14-5-1)40-29-34-15-10-11-21-38(34)44-43(40)39-26-24-35(42-27-25-33-23-22-32-16-12-28-48-45(32)46(33)49-42)30-41(39)47(44,36-17-6-2-7-18-36)37-19-8-3-9-20-37/h1-27,29-30,46,48-49H,28H2. The fourth-order valence-electron chi connectivity index (χ4n) is 8.66. The number of dihydropyridines is 2. The Hall–Kier alpha value is -6.12. The second-order valence-corrected chi connectivity index (χ2v) is 13.3. The molecule has 232 valence electrons. The molecule has 2 heteroatoms. The summed E-state index contributed by atoms with van der Waals surface area (Å²) in [6.07, 6.45) is 13.4. The van der Waals surface area contributed by atoms with E-state index in [-0.39, 0.29) is 6.04 Å². The summed E-state index contributed by atoms with van der Waals surface area (Å²) in [5, 5.41) is 10.1. The predicted molar refractivity (Wildman–Crippen MR) is 203 cm³/mol. The average Bonchev–Trinajstić information content (AvgIpc) is 3.50. The molecule has 0 amide bonds. The van der Waals surface area contributed by atoms with Crippen LogP contribution in [0, 0.1) is 0 Å². The second-order valence-electron chi connectivity index (χ2n) is 13.3. The van der Waals surface area contributed by atoms with Crippen molar-refractivity contribution >= 4 is 16.5 Å². The van der Waals surface area contributed by atoms with Gasteiger partial charge in [-0.25, -0.2) is 0 Å². The van der Waals surface area contributed by atoms with Crippen LogP contribution in [0.25, 0.3) is 38.7 Å². The van der Waals surface area contributed by atoms with E-state index in [4.69, 9.17) is 0 Å². The van der Waals surface area contributed by atoms with Crippen molar-refractivity contribution < 1.29 is 0 Å². The molecule has 4 aliphatic rings. The molecule has 0 aromatic heterocycles. The van der Waals surface area contributed by atoms with Crippen LogP contribution in [0.4, 0.5) is 0 Å². The Balaban J connectivity index is 1.28. The highest BCUT2D eigenvalue weighted by Gasteiger charge is 2.48. The van der Waals surface area contributed by atoms with Gasteiger partial charge in [0.15, 0.2) is 0 Å². The van der Waals surface area contributed by atoms with E-state index in [0.29, 0.717) is 0 Å². The quantitative estimate of drug-likeness (QED) is 0.203. The van der Waals surface area contributed by atoms with Gasteiger partial charge in [-0.15, -0.1) is 0 Å². The zero-order valence-electron chi connectivity index (χ0n) is 27.0. The minimum atomic E-state index is -0.539. The number of nitrogens with one attached hydrogen (secondary N) is 2. The molecule has 6 aromatic carbocycles. The first-order chi connectivity index (χ1) is 24.3. The van der Waals surface area contributed by atoms with Crippen molar-refractivity contribution in [3.05, 3.63) is 221 Å². The van der Waals surface area contributed by atoms with E-state index in [2.05, 4.69) is 187 Å². The van der Waals surface area contributed by atoms with Crippen molar-refractivity contribution in [2.75, 3.05) is 6.54 Å². The van der Waals surface area contributed by atoms with Crippen LogP contribution in [0.15, 0.2) is 193 Å². The summed E-state index contributed by atoms with van der Waals surface area (Å²) in [7, 11) is 0. The van der Waals surface area contributed by atoms with Gasteiger partial charge in [0.05, 0.1) is 11.5 Å². The smallest absolute Gasteiger partial charge is 0.0920 e. The summed E-state index contributed by atoms with van der Waals surface area (Å²) < 4.78 is 0. The highest BCUT2D eigenvalue weighted by Crippen LogP contribution is 2.60. The normalized spacial score (nSPS) is 18.0. The molecule has 0 fully saturated rings. The minimum Gasteiger partial charge on any atom is -0.382 e. The Labute approximate surface area is 287 Å². The zero-order valence-corrected chi connectivity index (χ0v) is 27.0. The maximum Gasteiger partial charge on any atom is 0.0920 e. The van der Waals surface area contributed by atoms with Crippen LogP contribution in [-0.2, 0) is 5.41 Å². The molecule has 1 unspecified atom stereocenters. The van der Waals surface area contributed by atoms with Crippen LogP contribution in [-0.4, -0.2) is 12.6 Å². The van der Waals surface area contributed by atoms with Gasteiger partial charge in [0.2, 0.25) is 0 Å². The highest BCUT2D eigenvalue weighted by atomic mass is 15.0. The summed E-state index contributed by atoms with van der Waals surface area (Å²) in [6.45, 7) is 0.850. The van der Waals surface area contributed by atoms with Crippen molar-refractivity contribution in [3.8, 4) is 22.3 Å². The topological polar surface area (TPSA) is 24.1 Å². The van der Waals surface area contributed by atoms with Gasteiger partial charge in [0, 0.05) is 17.9 Å². The predicted octanol–water partition coefficient (Wildman–Crippen LogP) is 10.1. The van der Waals surface area contributed by atoms with E-state index in [9.17, 15) is 0 Å². The van der Waals surface area contributed by atoms with E-state index >= 15 is 0 Å². The summed E-state index contributed by atoms with van der Waals surface area (Å²) in [6, 6.07) is 51.8. The molecule has 10 rings (SSSR count). The second kappa shape index (κ2) is 11.0. The number of hydrogen-bond acceptors (Lipinski definition) is 2. The Morgan fingerprint density at radius 2 is 1.31 bits per heavy atom. The van der Waals surface area contributed by atoms with Gasteiger partial charge in [-0.1, -0.05) is 158 Å². The van der Waals surface area contributed by atoms with Gasteiger partial charge in [-0.3, -0.25) is 0 Å². The fraction of sp³-hybridized carbons (Fsp3) is 0.0638. The number of allylic oxidation sites excluding steroid dienone is 5. The third-order valence-corrected chi connectivity index (χ3v) is 10.8. The van der Waals surface area contributed by atoms with Crippen molar-refractivity contribution in [2.24, 2.45) is 0 Å². The van der Waals surface area contributed by atoms with Crippen molar-refractivity contribution in [2.45, 2.75) is 11.5 Å². The van der Waals surface area contributed by atoms with E-state index in [0.717, 1.165) is 12.2 Å². The van der Waals surface area contributed by atoms with Crippen LogP contribution in [0.3, 0.4) is 0 Å². The number of benzene rings is 6. The van der Waals surface area contributed by atoms with Gasteiger partial charge >= 0.3 is 0 Å². The molecular formula is C47H34N2. The van der Waals surface area contributed by atoms with Gasteiger partial charge in [-0.2, -0.15) is 0 Å². The fourth-order valence-corrected chi connectivity index (χ4v) is 8.66. The third-order valence-electron chi connectivity index (χ3n) is 10.8. The Morgan fingerprint density at radius 3 is 2.08 bits per heavy atom.